The summed E-state index contributed by atoms with van der Waals surface area (Å²) in [4.78, 5) is 7.64. The Morgan fingerprint density at radius 3 is 2.62 bits per heavy atom. The van der Waals surface area contributed by atoms with Crippen LogP contribution >= 0.6 is 0 Å². The van der Waals surface area contributed by atoms with Gasteiger partial charge in [0.05, 0.1) is 11.2 Å². The summed E-state index contributed by atoms with van der Waals surface area (Å²) in [7, 11) is 0. The molecule has 21 heavy (non-hydrogen) atoms. The predicted octanol–water partition coefficient (Wildman–Crippen LogP) is 4.41. The molecule has 0 amide bonds. The Labute approximate surface area is 127 Å². The van der Waals surface area contributed by atoms with E-state index in [1.54, 1.807) is 5.56 Å². The molecule has 1 fully saturated rings. The number of anilines is 1. The van der Waals surface area contributed by atoms with Crippen molar-refractivity contribution in [2.75, 3.05) is 18.0 Å². The molecule has 1 saturated heterocycles. The van der Waals surface area contributed by atoms with E-state index in [1.807, 2.05) is 0 Å². The summed E-state index contributed by atoms with van der Waals surface area (Å²) < 4.78 is 0. The zero-order valence-electron chi connectivity index (χ0n) is 13.0. The standard InChI is InChI=1S/C19H24N2/c1-14-9-10-18-16(13-14)19(21-11-5-2-6-12-21)15-7-3-4-8-17(15)20-18/h9-10,13H,2-8,11-12H2,1H3. The van der Waals surface area contributed by atoms with Crippen LogP contribution in [0.15, 0.2) is 18.2 Å². The number of benzene rings is 1. The minimum Gasteiger partial charge on any atom is -0.371 e. The van der Waals surface area contributed by atoms with Gasteiger partial charge in [-0.15, -0.1) is 0 Å². The van der Waals surface area contributed by atoms with E-state index >= 15 is 0 Å². The number of fused-ring (bicyclic) bond motifs is 2. The molecule has 1 aliphatic carbocycles. The molecule has 4 rings (SSSR count). The summed E-state index contributed by atoms with van der Waals surface area (Å²) in [6.07, 6.45) is 9.08. The molecule has 2 heteroatoms. The third-order valence-electron chi connectivity index (χ3n) is 5.06. The summed E-state index contributed by atoms with van der Waals surface area (Å²) in [5, 5.41) is 1.39. The van der Waals surface area contributed by atoms with Crippen molar-refractivity contribution in [3.05, 3.63) is 35.0 Å². The van der Waals surface area contributed by atoms with E-state index < -0.39 is 0 Å². The van der Waals surface area contributed by atoms with Gasteiger partial charge in [0, 0.05) is 24.2 Å². The van der Waals surface area contributed by atoms with Gasteiger partial charge in [0.15, 0.2) is 0 Å². The molecule has 2 aliphatic rings. The van der Waals surface area contributed by atoms with Gasteiger partial charge < -0.3 is 4.90 Å². The van der Waals surface area contributed by atoms with E-state index in [9.17, 15) is 0 Å². The molecule has 2 heterocycles. The topological polar surface area (TPSA) is 16.1 Å². The lowest BCUT2D eigenvalue weighted by molar-refractivity contribution is 0.573. The monoisotopic (exact) mass is 280 g/mol. The summed E-state index contributed by atoms with van der Waals surface area (Å²) in [5.41, 5.74) is 7.00. The molecule has 110 valence electrons. The maximum atomic E-state index is 4.99. The van der Waals surface area contributed by atoms with Gasteiger partial charge in [-0.1, -0.05) is 11.6 Å². The van der Waals surface area contributed by atoms with Crippen molar-refractivity contribution in [2.24, 2.45) is 0 Å². The zero-order valence-corrected chi connectivity index (χ0v) is 13.0. The molecule has 0 radical (unpaired) electrons. The summed E-state index contributed by atoms with van der Waals surface area (Å²) >= 11 is 0. The van der Waals surface area contributed by atoms with Gasteiger partial charge in [-0.05, 0) is 69.6 Å². The van der Waals surface area contributed by atoms with Crippen LogP contribution in [0.25, 0.3) is 10.9 Å². The number of pyridine rings is 1. The number of hydrogen-bond donors (Lipinski definition) is 0. The fraction of sp³-hybridized carbons (Fsp3) is 0.526. The van der Waals surface area contributed by atoms with Crippen LogP contribution in [0.4, 0.5) is 5.69 Å². The Balaban J connectivity index is 1.96. The van der Waals surface area contributed by atoms with Gasteiger partial charge >= 0.3 is 0 Å². The lowest BCUT2D eigenvalue weighted by atomic mass is 9.91. The Morgan fingerprint density at radius 1 is 0.952 bits per heavy atom. The van der Waals surface area contributed by atoms with Crippen LogP contribution < -0.4 is 4.90 Å². The third kappa shape index (κ3) is 2.31. The van der Waals surface area contributed by atoms with Crippen LogP contribution in [0.1, 0.15) is 48.9 Å². The fourth-order valence-corrected chi connectivity index (χ4v) is 3.99. The molecule has 1 aromatic carbocycles. The van der Waals surface area contributed by atoms with E-state index in [4.69, 9.17) is 4.98 Å². The SMILES string of the molecule is Cc1ccc2nc3c(c(N4CCCCC4)c2c1)CCCC3. The molecular formula is C19H24N2. The summed E-state index contributed by atoms with van der Waals surface area (Å²) in [5.74, 6) is 0. The number of aryl methyl sites for hydroxylation is 2. The molecule has 0 unspecified atom stereocenters. The second kappa shape index (κ2) is 5.32. The van der Waals surface area contributed by atoms with E-state index in [0.717, 1.165) is 0 Å². The maximum Gasteiger partial charge on any atom is 0.0726 e. The Morgan fingerprint density at radius 2 is 1.76 bits per heavy atom. The number of rotatable bonds is 1. The highest BCUT2D eigenvalue weighted by Crippen LogP contribution is 2.37. The highest BCUT2D eigenvalue weighted by molar-refractivity contribution is 5.94. The molecule has 0 spiro atoms. The van der Waals surface area contributed by atoms with Crippen LogP contribution in [0, 0.1) is 6.92 Å². The first-order chi connectivity index (χ1) is 10.3. The van der Waals surface area contributed by atoms with Crippen molar-refractivity contribution in [3.63, 3.8) is 0 Å². The van der Waals surface area contributed by atoms with Gasteiger partial charge in [0.25, 0.3) is 0 Å². The minimum atomic E-state index is 1.17. The lowest BCUT2D eigenvalue weighted by Gasteiger charge is -2.33. The summed E-state index contributed by atoms with van der Waals surface area (Å²) in [6, 6.07) is 6.76. The maximum absolute atomic E-state index is 4.99. The molecule has 2 aromatic rings. The number of hydrogen-bond acceptors (Lipinski definition) is 2. The molecule has 0 atom stereocenters. The van der Waals surface area contributed by atoms with Crippen LogP contribution in [-0.4, -0.2) is 18.1 Å². The second-order valence-corrected chi connectivity index (χ2v) is 6.66. The highest BCUT2D eigenvalue weighted by atomic mass is 15.1. The molecule has 0 N–H and O–H groups in total. The fourth-order valence-electron chi connectivity index (χ4n) is 3.99. The first-order valence-electron chi connectivity index (χ1n) is 8.50. The molecule has 1 aliphatic heterocycles. The van der Waals surface area contributed by atoms with Crippen LogP contribution in [0.3, 0.4) is 0 Å². The average Bonchev–Trinajstić information content (AvgIpc) is 2.53. The van der Waals surface area contributed by atoms with Crippen molar-refractivity contribution in [3.8, 4) is 0 Å². The minimum absolute atomic E-state index is 1.17. The first kappa shape index (κ1) is 13.1. The van der Waals surface area contributed by atoms with Crippen LogP contribution in [0.2, 0.25) is 0 Å². The van der Waals surface area contributed by atoms with E-state index in [0.29, 0.717) is 0 Å². The zero-order chi connectivity index (χ0) is 14.2. The molecule has 2 nitrogen and oxygen atoms in total. The molecular weight excluding hydrogens is 256 g/mol. The van der Waals surface area contributed by atoms with E-state index in [1.165, 1.54) is 85.9 Å². The van der Waals surface area contributed by atoms with Crippen molar-refractivity contribution < 1.29 is 0 Å². The predicted molar refractivity (Wildman–Crippen MR) is 89.2 cm³/mol. The van der Waals surface area contributed by atoms with Gasteiger partial charge in [-0.2, -0.15) is 0 Å². The smallest absolute Gasteiger partial charge is 0.0726 e. The Bertz CT molecular complexity index is 669. The first-order valence-corrected chi connectivity index (χ1v) is 8.50. The Hall–Kier alpha value is -1.57. The molecule has 0 saturated carbocycles. The largest absolute Gasteiger partial charge is 0.371 e. The summed E-state index contributed by atoms with van der Waals surface area (Å²) in [6.45, 7) is 4.64. The van der Waals surface area contributed by atoms with Crippen LogP contribution in [-0.2, 0) is 12.8 Å². The van der Waals surface area contributed by atoms with Crippen LogP contribution in [0.5, 0.6) is 0 Å². The molecule has 0 bridgehead atoms. The van der Waals surface area contributed by atoms with Gasteiger partial charge in [-0.25, -0.2) is 0 Å². The number of aromatic nitrogens is 1. The average molecular weight is 280 g/mol. The third-order valence-corrected chi connectivity index (χ3v) is 5.06. The van der Waals surface area contributed by atoms with E-state index in [2.05, 4.69) is 30.0 Å². The van der Waals surface area contributed by atoms with Crippen molar-refractivity contribution in [1.29, 1.82) is 0 Å². The van der Waals surface area contributed by atoms with E-state index in [-0.39, 0.29) is 0 Å². The second-order valence-electron chi connectivity index (χ2n) is 6.66. The highest BCUT2D eigenvalue weighted by Gasteiger charge is 2.23. The molecule has 1 aromatic heterocycles. The Kier molecular flexibility index (Phi) is 3.33. The number of piperidine rings is 1. The van der Waals surface area contributed by atoms with Crippen molar-refractivity contribution >= 4 is 16.6 Å². The quantitative estimate of drug-likeness (QED) is 0.769. The lowest BCUT2D eigenvalue weighted by Crippen LogP contribution is -2.31. The van der Waals surface area contributed by atoms with Crippen molar-refractivity contribution in [1.82, 2.24) is 4.98 Å². The number of nitrogens with zero attached hydrogens (tertiary/aromatic N) is 2. The van der Waals surface area contributed by atoms with Crippen molar-refractivity contribution in [2.45, 2.75) is 51.9 Å². The van der Waals surface area contributed by atoms with Gasteiger partial charge in [0.1, 0.15) is 0 Å². The normalized spacial score (nSPS) is 18.8. The van der Waals surface area contributed by atoms with Gasteiger partial charge in [-0.3, -0.25) is 4.98 Å². The van der Waals surface area contributed by atoms with Gasteiger partial charge in [0.2, 0.25) is 0 Å².